The number of rotatable bonds is 12. The van der Waals surface area contributed by atoms with Crippen molar-refractivity contribution in [3.05, 3.63) is 12.2 Å². The first-order valence-corrected chi connectivity index (χ1v) is 12.0. The molecule has 2 aliphatic rings. The predicted octanol–water partition coefficient (Wildman–Crippen LogP) is 2.67. The summed E-state index contributed by atoms with van der Waals surface area (Å²) >= 11 is 0. The number of hydrogen-bond donors (Lipinski definition) is 2. The molecule has 1 aliphatic carbocycles. The molecule has 1 saturated heterocycles. The lowest BCUT2D eigenvalue weighted by atomic mass is 9.68. The molecule has 31 heavy (non-hydrogen) atoms. The summed E-state index contributed by atoms with van der Waals surface area (Å²) in [4.78, 5) is 41.4. The van der Waals surface area contributed by atoms with Gasteiger partial charge in [0.25, 0.3) is 0 Å². The fraction of sp³-hybridized carbons (Fsp3) is 0.792. The first-order chi connectivity index (χ1) is 14.9. The number of nitrogens with one attached hydrogen (secondary N) is 1. The van der Waals surface area contributed by atoms with Crippen LogP contribution in [0.25, 0.3) is 0 Å². The minimum atomic E-state index is -0.633. The lowest BCUT2D eigenvalue weighted by Gasteiger charge is -2.34. The zero-order valence-corrected chi connectivity index (χ0v) is 19.5. The number of hydrogen-bond acceptors (Lipinski definition) is 5. The highest BCUT2D eigenvalue weighted by molar-refractivity contribution is 5.96. The average molecular weight is 437 g/mol. The summed E-state index contributed by atoms with van der Waals surface area (Å²) in [6.07, 6.45) is 8.70. The Bertz CT molecular complexity index is 650. The second-order valence-corrected chi connectivity index (χ2v) is 8.82. The van der Waals surface area contributed by atoms with Crippen molar-refractivity contribution in [3.63, 3.8) is 0 Å². The average Bonchev–Trinajstić information content (AvgIpc) is 3.00. The second-order valence-electron chi connectivity index (χ2n) is 8.82. The summed E-state index contributed by atoms with van der Waals surface area (Å²) in [5.74, 6) is -2.20. The minimum Gasteiger partial charge on any atom is -0.466 e. The summed E-state index contributed by atoms with van der Waals surface area (Å²) in [7, 11) is 0. The van der Waals surface area contributed by atoms with Gasteiger partial charge in [0.05, 0.1) is 18.4 Å². The third kappa shape index (κ3) is 5.88. The van der Waals surface area contributed by atoms with E-state index in [1.54, 1.807) is 11.8 Å². The number of unbranched alkanes of at least 4 members (excludes halogenated alkanes) is 1. The van der Waals surface area contributed by atoms with Crippen LogP contribution in [0.2, 0.25) is 0 Å². The lowest BCUT2D eigenvalue weighted by molar-refractivity contribution is -0.155. The largest absolute Gasteiger partial charge is 0.466 e. The first-order valence-electron chi connectivity index (χ1n) is 12.0. The Labute approximate surface area is 186 Å². The zero-order chi connectivity index (χ0) is 23.0. The minimum absolute atomic E-state index is 0.0206. The quantitative estimate of drug-likeness (QED) is 0.279. The molecular weight excluding hydrogens is 396 g/mol. The van der Waals surface area contributed by atoms with Crippen molar-refractivity contribution >= 4 is 17.8 Å². The summed E-state index contributed by atoms with van der Waals surface area (Å²) in [5, 5.41) is 12.2. The topological polar surface area (TPSA) is 95.9 Å². The third-order valence-corrected chi connectivity index (χ3v) is 6.48. The maximum atomic E-state index is 13.6. The Hall–Kier alpha value is -1.89. The van der Waals surface area contributed by atoms with Crippen LogP contribution in [-0.4, -0.2) is 59.6 Å². The van der Waals surface area contributed by atoms with Gasteiger partial charge >= 0.3 is 5.97 Å². The summed E-state index contributed by atoms with van der Waals surface area (Å²) in [6, 6.07) is -0.613. The molecule has 1 aliphatic heterocycles. The van der Waals surface area contributed by atoms with Gasteiger partial charge in [0, 0.05) is 25.1 Å². The van der Waals surface area contributed by atoms with Crippen molar-refractivity contribution in [3.8, 4) is 0 Å². The molecule has 1 heterocycles. The smallest absolute Gasteiger partial charge is 0.310 e. The zero-order valence-electron chi connectivity index (χ0n) is 19.5. The normalized spacial score (nSPS) is 28.4. The lowest BCUT2D eigenvalue weighted by Crippen LogP contribution is -2.49. The molecule has 7 nitrogen and oxygen atoms in total. The first kappa shape index (κ1) is 25.4. The van der Waals surface area contributed by atoms with Crippen LogP contribution in [0.15, 0.2) is 12.2 Å². The van der Waals surface area contributed by atoms with Gasteiger partial charge in [-0.05, 0) is 45.4 Å². The standard InChI is InChI=1S/C24H40N2O5/c1-5-10-16(4)25-22(28)21-18-13-12-17(11-6-2)19(24(30)31-7-3)20(18)23(29)26(21)14-8-9-15-27/h12-13,16-21,27H,5-11,14-15H2,1-4H3,(H,25,28)/t16?,17-,18+,19-,20-,21+/m1/s1. The van der Waals surface area contributed by atoms with E-state index in [0.29, 0.717) is 19.4 Å². The van der Waals surface area contributed by atoms with Crippen LogP contribution in [-0.2, 0) is 19.1 Å². The molecule has 0 aromatic rings. The maximum absolute atomic E-state index is 13.6. The van der Waals surface area contributed by atoms with Gasteiger partial charge in [0.15, 0.2) is 0 Å². The van der Waals surface area contributed by atoms with Gasteiger partial charge in [-0.2, -0.15) is 0 Å². The van der Waals surface area contributed by atoms with Crippen LogP contribution in [0.4, 0.5) is 0 Å². The Balaban J connectivity index is 2.38. The Morgan fingerprint density at radius 3 is 2.55 bits per heavy atom. The maximum Gasteiger partial charge on any atom is 0.310 e. The van der Waals surface area contributed by atoms with Crippen LogP contribution < -0.4 is 5.32 Å². The molecule has 0 spiro atoms. The number of aliphatic hydroxyl groups excluding tert-OH is 1. The van der Waals surface area contributed by atoms with E-state index in [2.05, 4.69) is 19.2 Å². The van der Waals surface area contributed by atoms with Gasteiger partial charge in [-0.15, -0.1) is 0 Å². The number of fused-ring (bicyclic) bond motifs is 1. The van der Waals surface area contributed by atoms with Crippen molar-refractivity contribution in [2.75, 3.05) is 19.8 Å². The number of likely N-dealkylation sites (tertiary alicyclic amines) is 1. The summed E-state index contributed by atoms with van der Waals surface area (Å²) in [5.41, 5.74) is 0. The van der Waals surface area contributed by atoms with Crippen molar-refractivity contribution in [1.29, 1.82) is 0 Å². The second kappa shape index (κ2) is 12.2. The molecule has 176 valence electrons. The number of nitrogens with zero attached hydrogens (tertiary/aromatic N) is 1. The van der Waals surface area contributed by atoms with Crippen LogP contribution in [0.1, 0.15) is 66.2 Å². The molecular formula is C24H40N2O5. The van der Waals surface area contributed by atoms with E-state index >= 15 is 0 Å². The van der Waals surface area contributed by atoms with Crippen LogP contribution in [0.5, 0.6) is 0 Å². The fourth-order valence-electron chi connectivity index (χ4n) is 5.13. The van der Waals surface area contributed by atoms with E-state index in [-0.39, 0.29) is 48.9 Å². The number of carbonyl (C=O) groups excluding carboxylic acids is 3. The van der Waals surface area contributed by atoms with E-state index in [0.717, 1.165) is 25.7 Å². The number of carbonyl (C=O) groups is 3. The van der Waals surface area contributed by atoms with Gasteiger partial charge in [-0.1, -0.05) is 38.8 Å². The van der Waals surface area contributed by atoms with Gasteiger partial charge in [0.2, 0.25) is 11.8 Å². The molecule has 1 fully saturated rings. The predicted molar refractivity (Wildman–Crippen MR) is 119 cm³/mol. The van der Waals surface area contributed by atoms with Crippen molar-refractivity contribution in [2.24, 2.45) is 23.7 Å². The van der Waals surface area contributed by atoms with E-state index in [1.807, 2.05) is 19.1 Å². The van der Waals surface area contributed by atoms with Gasteiger partial charge < -0.3 is 20.1 Å². The number of allylic oxidation sites excluding steroid dienone is 1. The van der Waals surface area contributed by atoms with Crippen molar-refractivity contribution < 1.29 is 24.2 Å². The SMILES string of the molecule is CCCC(C)NC(=O)[C@@H]1[C@H]2C=C[C@@H](CCC)[C@@H](C(=O)OCC)[C@@H]2C(=O)N1CCCCO. The van der Waals surface area contributed by atoms with Crippen LogP contribution in [0, 0.1) is 23.7 Å². The van der Waals surface area contributed by atoms with E-state index in [9.17, 15) is 19.5 Å². The van der Waals surface area contributed by atoms with Crippen molar-refractivity contribution in [2.45, 2.75) is 78.3 Å². The molecule has 0 bridgehead atoms. The van der Waals surface area contributed by atoms with Gasteiger partial charge in [-0.25, -0.2) is 0 Å². The fourth-order valence-corrected chi connectivity index (χ4v) is 5.13. The monoisotopic (exact) mass is 436 g/mol. The van der Waals surface area contributed by atoms with Gasteiger partial charge in [0.1, 0.15) is 6.04 Å². The molecule has 1 unspecified atom stereocenters. The number of amides is 2. The molecule has 0 saturated carbocycles. The molecule has 7 heteroatoms. The molecule has 2 amide bonds. The number of ether oxygens (including phenoxy) is 1. The molecule has 0 aromatic carbocycles. The molecule has 2 rings (SSSR count). The Kier molecular flexibility index (Phi) is 10.0. The van der Waals surface area contributed by atoms with E-state index < -0.39 is 17.9 Å². The Morgan fingerprint density at radius 2 is 1.94 bits per heavy atom. The molecule has 6 atom stereocenters. The van der Waals surface area contributed by atoms with Crippen LogP contribution >= 0.6 is 0 Å². The number of aliphatic hydroxyl groups is 1. The van der Waals surface area contributed by atoms with E-state index in [1.165, 1.54) is 0 Å². The number of esters is 1. The highest BCUT2D eigenvalue weighted by atomic mass is 16.5. The van der Waals surface area contributed by atoms with E-state index in [4.69, 9.17) is 4.74 Å². The van der Waals surface area contributed by atoms with Crippen molar-refractivity contribution in [1.82, 2.24) is 10.2 Å². The highest BCUT2D eigenvalue weighted by Crippen LogP contribution is 2.45. The summed E-state index contributed by atoms with van der Waals surface area (Å²) < 4.78 is 5.36. The highest BCUT2D eigenvalue weighted by Gasteiger charge is 2.57. The Morgan fingerprint density at radius 1 is 1.19 bits per heavy atom. The molecule has 0 aromatic heterocycles. The summed E-state index contributed by atoms with van der Waals surface area (Å²) in [6.45, 7) is 8.58. The van der Waals surface area contributed by atoms with Crippen LogP contribution in [0.3, 0.4) is 0 Å². The molecule has 2 N–H and O–H groups in total. The third-order valence-electron chi connectivity index (χ3n) is 6.48. The molecule has 0 radical (unpaired) electrons. The van der Waals surface area contributed by atoms with Gasteiger partial charge in [-0.3, -0.25) is 14.4 Å².